The molecule has 0 fully saturated rings. The van der Waals surface area contributed by atoms with Crippen LogP contribution in [0.15, 0.2) is 15.9 Å². The minimum absolute atomic E-state index is 0.111. The van der Waals surface area contributed by atoms with Crippen LogP contribution in [-0.2, 0) is 14.6 Å². The maximum atomic E-state index is 11.9. The molecule has 0 radical (unpaired) electrons. The molecule has 0 amide bonds. The third-order valence-corrected chi connectivity index (χ3v) is 3.32. The number of aryl methyl sites for hydroxylation is 1. The second-order valence-electron chi connectivity index (χ2n) is 3.48. The van der Waals surface area contributed by atoms with E-state index in [-0.39, 0.29) is 17.9 Å². The summed E-state index contributed by atoms with van der Waals surface area (Å²) in [7, 11) is -3.69. The summed E-state index contributed by atoms with van der Waals surface area (Å²) in [5, 5.41) is 0. The molecule has 1 rings (SSSR count). The molecule has 0 unspecified atom stereocenters. The lowest BCUT2D eigenvalue weighted by Crippen LogP contribution is -2.24. The molecule has 0 aliphatic heterocycles. The van der Waals surface area contributed by atoms with Crippen molar-refractivity contribution in [1.82, 2.24) is 4.98 Å². The molecule has 1 aromatic heterocycles. The van der Waals surface area contributed by atoms with Gasteiger partial charge in [0, 0.05) is 18.1 Å². The van der Waals surface area contributed by atoms with Gasteiger partial charge in [0.25, 0.3) is 0 Å². The topological polar surface area (TPSA) is 93.3 Å². The SMILES string of the molecule is CCOC(=O)c1c[nH]c(C)c(S(C)(=O)=O)c1=O. The Labute approximate surface area is 98.5 Å². The van der Waals surface area contributed by atoms with Crippen molar-refractivity contribution in [1.29, 1.82) is 0 Å². The summed E-state index contributed by atoms with van der Waals surface area (Å²) in [6, 6.07) is 0. The Kier molecular flexibility index (Phi) is 3.72. The Morgan fingerprint density at radius 1 is 1.47 bits per heavy atom. The smallest absolute Gasteiger partial charge is 0.343 e. The number of ether oxygens (including phenoxy) is 1. The van der Waals surface area contributed by atoms with Crippen LogP contribution < -0.4 is 5.43 Å². The molecule has 17 heavy (non-hydrogen) atoms. The number of aromatic amines is 1. The molecule has 0 aromatic carbocycles. The Hall–Kier alpha value is -1.63. The highest BCUT2D eigenvalue weighted by atomic mass is 32.2. The standard InChI is InChI=1S/C10H13NO5S/c1-4-16-10(13)7-5-11-6(2)9(8(7)12)17(3,14)15/h5H,4H2,1-3H3,(H,11,12). The largest absolute Gasteiger partial charge is 0.462 e. The van der Waals surface area contributed by atoms with Gasteiger partial charge in [-0.15, -0.1) is 0 Å². The third kappa shape index (κ3) is 2.73. The average Bonchev–Trinajstić information content (AvgIpc) is 2.15. The molecule has 0 atom stereocenters. The lowest BCUT2D eigenvalue weighted by atomic mass is 10.2. The zero-order chi connectivity index (χ0) is 13.2. The summed E-state index contributed by atoms with van der Waals surface area (Å²) in [5.41, 5.74) is -0.939. The van der Waals surface area contributed by atoms with E-state index in [0.29, 0.717) is 0 Å². The van der Waals surface area contributed by atoms with Crippen molar-refractivity contribution in [3.8, 4) is 0 Å². The molecular formula is C10H13NO5S. The first-order chi connectivity index (χ1) is 7.79. The van der Waals surface area contributed by atoms with Gasteiger partial charge in [0.1, 0.15) is 10.5 Å². The summed E-state index contributed by atoms with van der Waals surface area (Å²) in [5.74, 6) is -0.835. The molecule has 0 aliphatic rings. The van der Waals surface area contributed by atoms with Gasteiger partial charge >= 0.3 is 5.97 Å². The first-order valence-corrected chi connectivity index (χ1v) is 6.77. The Morgan fingerprint density at radius 3 is 2.53 bits per heavy atom. The quantitative estimate of drug-likeness (QED) is 0.786. The minimum atomic E-state index is -3.69. The number of aromatic nitrogens is 1. The van der Waals surface area contributed by atoms with E-state index < -0.39 is 26.1 Å². The van der Waals surface area contributed by atoms with E-state index in [2.05, 4.69) is 9.72 Å². The van der Waals surface area contributed by atoms with Gasteiger partial charge in [-0.1, -0.05) is 0 Å². The highest BCUT2D eigenvalue weighted by molar-refractivity contribution is 7.90. The van der Waals surface area contributed by atoms with Crippen molar-refractivity contribution in [3.63, 3.8) is 0 Å². The maximum absolute atomic E-state index is 11.9. The van der Waals surface area contributed by atoms with Gasteiger partial charge in [-0.3, -0.25) is 4.79 Å². The summed E-state index contributed by atoms with van der Waals surface area (Å²) < 4.78 is 27.5. The van der Waals surface area contributed by atoms with E-state index >= 15 is 0 Å². The van der Waals surface area contributed by atoms with Crippen LogP contribution in [0, 0.1) is 6.92 Å². The molecule has 1 heterocycles. The van der Waals surface area contributed by atoms with E-state index in [0.717, 1.165) is 12.5 Å². The van der Waals surface area contributed by atoms with Gasteiger partial charge in [0.15, 0.2) is 9.84 Å². The first-order valence-electron chi connectivity index (χ1n) is 4.88. The molecular weight excluding hydrogens is 246 g/mol. The second kappa shape index (κ2) is 4.70. The summed E-state index contributed by atoms with van der Waals surface area (Å²) in [6.45, 7) is 3.16. The van der Waals surface area contributed by atoms with Crippen LogP contribution in [0.1, 0.15) is 23.0 Å². The normalized spacial score (nSPS) is 11.2. The number of carbonyl (C=O) groups is 1. The zero-order valence-electron chi connectivity index (χ0n) is 9.73. The van der Waals surface area contributed by atoms with Gasteiger partial charge in [0.2, 0.25) is 5.43 Å². The van der Waals surface area contributed by atoms with Gasteiger partial charge in [-0.05, 0) is 13.8 Å². The van der Waals surface area contributed by atoms with Crippen molar-refractivity contribution < 1.29 is 17.9 Å². The van der Waals surface area contributed by atoms with E-state index in [1.807, 2.05) is 0 Å². The summed E-state index contributed by atoms with van der Waals surface area (Å²) in [6.07, 6.45) is 2.07. The number of hydrogen-bond acceptors (Lipinski definition) is 5. The molecule has 0 saturated carbocycles. The summed E-state index contributed by atoms with van der Waals surface area (Å²) >= 11 is 0. The molecule has 0 saturated heterocycles. The molecule has 1 N–H and O–H groups in total. The number of nitrogens with one attached hydrogen (secondary N) is 1. The van der Waals surface area contributed by atoms with Crippen LogP contribution in [0.3, 0.4) is 0 Å². The van der Waals surface area contributed by atoms with E-state index in [1.54, 1.807) is 6.92 Å². The number of sulfone groups is 1. The highest BCUT2D eigenvalue weighted by Crippen LogP contribution is 2.08. The van der Waals surface area contributed by atoms with Crippen LogP contribution in [0.25, 0.3) is 0 Å². The molecule has 94 valence electrons. The molecule has 0 spiro atoms. The van der Waals surface area contributed by atoms with Crippen molar-refractivity contribution >= 4 is 15.8 Å². The monoisotopic (exact) mass is 259 g/mol. The number of carbonyl (C=O) groups excluding carboxylic acids is 1. The number of esters is 1. The predicted octanol–water partition coefficient (Wildman–Crippen LogP) is 0.264. The van der Waals surface area contributed by atoms with Crippen LogP contribution in [0.5, 0.6) is 0 Å². The van der Waals surface area contributed by atoms with Crippen LogP contribution in [0.2, 0.25) is 0 Å². The van der Waals surface area contributed by atoms with E-state index in [9.17, 15) is 18.0 Å². The van der Waals surface area contributed by atoms with E-state index in [4.69, 9.17) is 0 Å². The average molecular weight is 259 g/mol. The Bertz CT molecular complexity index is 600. The minimum Gasteiger partial charge on any atom is -0.462 e. The van der Waals surface area contributed by atoms with Gasteiger partial charge < -0.3 is 9.72 Å². The number of rotatable bonds is 3. The van der Waals surface area contributed by atoms with Crippen LogP contribution in [0.4, 0.5) is 0 Å². The molecule has 7 heteroatoms. The van der Waals surface area contributed by atoms with Crippen molar-refractivity contribution in [3.05, 3.63) is 27.7 Å². The third-order valence-electron chi connectivity index (χ3n) is 2.09. The number of pyridine rings is 1. The highest BCUT2D eigenvalue weighted by Gasteiger charge is 2.22. The fraction of sp³-hybridized carbons (Fsp3) is 0.400. The number of H-pyrrole nitrogens is 1. The molecule has 0 bridgehead atoms. The zero-order valence-corrected chi connectivity index (χ0v) is 10.6. The van der Waals surface area contributed by atoms with Crippen molar-refractivity contribution in [2.45, 2.75) is 18.7 Å². The Balaban J connectivity index is 3.51. The van der Waals surface area contributed by atoms with Gasteiger partial charge in [-0.25, -0.2) is 13.2 Å². The maximum Gasteiger partial charge on any atom is 0.343 e. The fourth-order valence-corrected chi connectivity index (χ4v) is 2.47. The van der Waals surface area contributed by atoms with E-state index in [1.165, 1.54) is 6.92 Å². The van der Waals surface area contributed by atoms with Crippen molar-refractivity contribution in [2.75, 3.05) is 12.9 Å². The molecule has 6 nitrogen and oxygen atoms in total. The lowest BCUT2D eigenvalue weighted by molar-refractivity contribution is 0.0524. The molecule has 0 aliphatic carbocycles. The first kappa shape index (κ1) is 13.4. The Morgan fingerprint density at radius 2 is 2.06 bits per heavy atom. The predicted molar refractivity (Wildman–Crippen MR) is 60.9 cm³/mol. The molecule has 1 aromatic rings. The van der Waals surface area contributed by atoms with Crippen molar-refractivity contribution in [2.24, 2.45) is 0 Å². The number of hydrogen-bond donors (Lipinski definition) is 1. The van der Waals surface area contributed by atoms with Crippen LogP contribution >= 0.6 is 0 Å². The van der Waals surface area contributed by atoms with Gasteiger partial charge in [0.05, 0.1) is 6.61 Å². The van der Waals surface area contributed by atoms with Gasteiger partial charge in [-0.2, -0.15) is 0 Å². The van der Waals surface area contributed by atoms with Crippen LogP contribution in [-0.4, -0.2) is 32.2 Å². The fourth-order valence-electron chi connectivity index (χ4n) is 1.41. The lowest BCUT2D eigenvalue weighted by Gasteiger charge is -2.06. The second-order valence-corrected chi connectivity index (χ2v) is 5.43. The summed E-state index contributed by atoms with van der Waals surface area (Å²) in [4.78, 5) is 25.4.